The molecule has 2 heterocycles. The van der Waals surface area contributed by atoms with E-state index in [0.717, 1.165) is 31.7 Å². The third-order valence-corrected chi connectivity index (χ3v) is 3.74. The summed E-state index contributed by atoms with van der Waals surface area (Å²) in [6.07, 6.45) is 3.75. The average Bonchev–Trinajstić information content (AvgIpc) is 2.99. The second-order valence-corrected chi connectivity index (χ2v) is 5.31. The predicted molar refractivity (Wildman–Crippen MR) is 82.6 cm³/mol. The normalized spacial score (nSPS) is 14.5. The highest BCUT2D eigenvalue weighted by molar-refractivity contribution is 6.31. The molecule has 110 valence electrons. The number of hydrogen-bond acceptors (Lipinski definition) is 5. The first-order valence-corrected chi connectivity index (χ1v) is 7.10. The van der Waals surface area contributed by atoms with Crippen LogP contribution in [0.1, 0.15) is 12.8 Å². The van der Waals surface area contributed by atoms with Gasteiger partial charge in [0.05, 0.1) is 5.02 Å². The second-order valence-electron chi connectivity index (χ2n) is 4.91. The van der Waals surface area contributed by atoms with Gasteiger partial charge in [0.1, 0.15) is 17.8 Å². The number of nitrogens with zero attached hydrogens (tertiary/aromatic N) is 3. The van der Waals surface area contributed by atoms with Crippen LogP contribution in [0.5, 0.6) is 0 Å². The summed E-state index contributed by atoms with van der Waals surface area (Å²) < 4.78 is 13.2. The van der Waals surface area contributed by atoms with E-state index in [4.69, 9.17) is 17.3 Å². The molecule has 3 N–H and O–H groups in total. The molecule has 0 amide bonds. The van der Waals surface area contributed by atoms with Crippen molar-refractivity contribution in [3.8, 4) is 0 Å². The minimum absolute atomic E-state index is 0.0485. The third-order valence-electron chi connectivity index (χ3n) is 3.45. The van der Waals surface area contributed by atoms with Gasteiger partial charge in [-0.1, -0.05) is 11.6 Å². The summed E-state index contributed by atoms with van der Waals surface area (Å²) >= 11 is 5.77. The first-order valence-electron chi connectivity index (χ1n) is 6.72. The van der Waals surface area contributed by atoms with Crippen LogP contribution in [0.3, 0.4) is 0 Å². The molecule has 0 saturated carbocycles. The number of anilines is 4. The van der Waals surface area contributed by atoms with Crippen LogP contribution in [-0.4, -0.2) is 23.1 Å². The fourth-order valence-electron chi connectivity index (χ4n) is 2.38. The lowest BCUT2D eigenvalue weighted by molar-refractivity contribution is 0.628. The maximum atomic E-state index is 13.2. The van der Waals surface area contributed by atoms with E-state index in [1.807, 2.05) is 0 Å². The topological polar surface area (TPSA) is 67.1 Å². The highest BCUT2D eigenvalue weighted by atomic mass is 35.5. The van der Waals surface area contributed by atoms with Crippen molar-refractivity contribution in [2.75, 3.05) is 29.0 Å². The predicted octanol–water partition coefficient (Wildman–Crippen LogP) is 3.20. The van der Waals surface area contributed by atoms with Gasteiger partial charge in [-0.3, -0.25) is 0 Å². The van der Waals surface area contributed by atoms with Crippen molar-refractivity contribution in [2.24, 2.45) is 0 Å². The Hall–Kier alpha value is -2.08. The summed E-state index contributed by atoms with van der Waals surface area (Å²) in [6.45, 7) is 1.89. The molecule has 21 heavy (non-hydrogen) atoms. The zero-order valence-electron chi connectivity index (χ0n) is 11.3. The number of halogens is 2. The Morgan fingerprint density at radius 3 is 2.71 bits per heavy atom. The van der Waals surface area contributed by atoms with Crippen LogP contribution in [0.4, 0.5) is 27.4 Å². The van der Waals surface area contributed by atoms with Gasteiger partial charge < -0.3 is 16.0 Å². The van der Waals surface area contributed by atoms with Crippen molar-refractivity contribution in [3.63, 3.8) is 0 Å². The van der Waals surface area contributed by atoms with Crippen molar-refractivity contribution < 1.29 is 4.39 Å². The summed E-state index contributed by atoms with van der Waals surface area (Å²) in [7, 11) is 0. The molecule has 0 radical (unpaired) electrons. The standard InChI is InChI=1S/C14H15ClFN5/c15-10-7-9(3-4-11(10)16)20-13-12(17)14(19-8-18-13)21-5-1-2-6-21/h3-4,7-8H,1-2,5-6,17H2,(H,18,19,20). The van der Waals surface area contributed by atoms with Crippen molar-refractivity contribution in [1.29, 1.82) is 0 Å². The maximum Gasteiger partial charge on any atom is 0.159 e. The highest BCUT2D eigenvalue weighted by Gasteiger charge is 2.18. The molecule has 3 rings (SSSR count). The van der Waals surface area contributed by atoms with Crippen LogP contribution in [-0.2, 0) is 0 Å². The van der Waals surface area contributed by atoms with E-state index in [-0.39, 0.29) is 5.02 Å². The van der Waals surface area contributed by atoms with Gasteiger partial charge in [-0.2, -0.15) is 0 Å². The van der Waals surface area contributed by atoms with Gasteiger partial charge in [-0.25, -0.2) is 14.4 Å². The molecule has 1 aliphatic rings. The highest BCUT2D eigenvalue weighted by Crippen LogP contribution is 2.31. The Bertz CT molecular complexity index is 658. The Labute approximate surface area is 127 Å². The van der Waals surface area contributed by atoms with E-state index < -0.39 is 5.82 Å². The van der Waals surface area contributed by atoms with E-state index in [1.165, 1.54) is 18.5 Å². The van der Waals surface area contributed by atoms with E-state index in [1.54, 1.807) is 6.07 Å². The molecule has 0 spiro atoms. The third kappa shape index (κ3) is 2.85. The van der Waals surface area contributed by atoms with Gasteiger partial charge >= 0.3 is 0 Å². The Balaban J connectivity index is 1.88. The molecule has 1 aliphatic heterocycles. The Morgan fingerprint density at radius 2 is 2.00 bits per heavy atom. The van der Waals surface area contributed by atoms with Crippen LogP contribution in [0.2, 0.25) is 5.02 Å². The van der Waals surface area contributed by atoms with Crippen LogP contribution in [0.15, 0.2) is 24.5 Å². The van der Waals surface area contributed by atoms with Crippen LogP contribution in [0.25, 0.3) is 0 Å². The van der Waals surface area contributed by atoms with Crippen molar-refractivity contribution in [2.45, 2.75) is 12.8 Å². The lowest BCUT2D eigenvalue weighted by atomic mass is 10.3. The van der Waals surface area contributed by atoms with Gasteiger partial charge in [0.25, 0.3) is 0 Å². The Morgan fingerprint density at radius 1 is 1.24 bits per heavy atom. The molecule has 0 unspecified atom stereocenters. The summed E-state index contributed by atoms with van der Waals surface area (Å²) in [5, 5.41) is 3.10. The van der Waals surface area contributed by atoms with Gasteiger partial charge in [0.2, 0.25) is 0 Å². The molecule has 2 aromatic rings. The molecule has 1 aromatic heterocycles. The molecule has 7 heteroatoms. The zero-order chi connectivity index (χ0) is 14.8. The number of nitrogens with one attached hydrogen (secondary N) is 1. The van der Waals surface area contributed by atoms with Crippen molar-refractivity contribution in [1.82, 2.24) is 9.97 Å². The van der Waals surface area contributed by atoms with E-state index in [2.05, 4.69) is 20.2 Å². The molecular weight excluding hydrogens is 293 g/mol. The smallest absolute Gasteiger partial charge is 0.159 e. The zero-order valence-corrected chi connectivity index (χ0v) is 12.1. The molecule has 0 aliphatic carbocycles. The van der Waals surface area contributed by atoms with Crippen LogP contribution >= 0.6 is 11.6 Å². The molecular formula is C14H15ClFN5. The van der Waals surface area contributed by atoms with E-state index in [9.17, 15) is 4.39 Å². The maximum absolute atomic E-state index is 13.2. The number of nitrogens with two attached hydrogens (primary N) is 1. The number of aromatic nitrogens is 2. The lowest BCUT2D eigenvalue weighted by Gasteiger charge is -2.19. The molecule has 1 fully saturated rings. The van der Waals surface area contributed by atoms with Crippen LogP contribution < -0.4 is 16.0 Å². The monoisotopic (exact) mass is 307 g/mol. The molecule has 0 bridgehead atoms. The summed E-state index contributed by atoms with van der Waals surface area (Å²) in [6, 6.07) is 4.37. The lowest BCUT2D eigenvalue weighted by Crippen LogP contribution is -2.21. The first-order chi connectivity index (χ1) is 10.1. The number of nitrogen functional groups attached to an aromatic ring is 1. The van der Waals surface area contributed by atoms with Gasteiger partial charge in [-0.15, -0.1) is 0 Å². The summed E-state index contributed by atoms with van der Waals surface area (Å²) in [5.41, 5.74) is 7.25. The van der Waals surface area contributed by atoms with Crippen LogP contribution in [0, 0.1) is 5.82 Å². The molecule has 1 saturated heterocycles. The SMILES string of the molecule is Nc1c(Nc2ccc(F)c(Cl)c2)ncnc1N1CCCC1. The number of hydrogen-bond donors (Lipinski definition) is 2. The first kappa shape index (κ1) is 13.9. The minimum atomic E-state index is -0.462. The average molecular weight is 308 g/mol. The second kappa shape index (κ2) is 5.73. The summed E-state index contributed by atoms with van der Waals surface area (Å²) in [4.78, 5) is 10.5. The quantitative estimate of drug-likeness (QED) is 0.911. The fourth-order valence-corrected chi connectivity index (χ4v) is 2.56. The van der Waals surface area contributed by atoms with E-state index >= 15 is 0 Å². The summed E-state index contributed by atoms with van der Waals surface area (Å²) in [5.74, 6) is 0.767. The molecule has 1 aromatic carbocycles. The van der Waals surface area contributed by atoms with Gasteiger partial charge in [0, 0.05) is 18.8 Å². The minimum Gasteiger partial charge on any atom is -0.393 e. The Kier molecular flexibility index (Phi) is 3.79. The van der Waals surface area contributed by atoms with Crippen molar-refractivity contribution in [3.05, 3.63) is 35.4 Å². The number of benzene rings is 1. The van der Waals surface area contributed by atoms with Gasteiger partial charge in [-0.05, 0) is 31.0 Å². The fraction of sp³-hybridized carbons (Fsp3) is 0.286. The van der Waals surface area contributed by atoms with E-state index in [0.29, 0.717) is 17.2 Å². The van der Waals surface area contributed by atoms with Crippen molar-refractivity contribution >= 4 is 34.6 Å². The largest absolute Gasteiger partial charge is 0.393 e. The molecule has 5 nitrogen and oxygen atoms in total. The molecule has 0 atom stereocenters. The van der Waals surface area contributed by atoms with Gasteiger partial charge in [0.15, 0.2) is 11.6 Å². The number of rotatable bonds is 3.